The fourth-order valence-corrected chi connectivity index (χ4v) is 2.90. The van der Waals surface area contributed by atoms with Crippen LogP contribution in [-0.4, -0.2) is 61.4 Å². The molecule has 0 bridgehead atoms. The number of piperidine rings is 1. The van der Waals surface area contributed by atoms with E-state index in [4.69, 9.17) is 14.2 Å². The lowest BCUT2D eigenvalue weighted by molar-refractivity contribution is -0.169. The first-order valence-corrected chi connectivity index (χ1v) is 8.70. The summed E-state index contributed by atoms with van der Waals surface area (Å²) in [6.45, 7) is 8.11. The van der Waals surface area contributed by atoms with Crippen molar-refractivity contribution in [1.29, 1.82) is 0 Å². The van der Waals surface area contributed by atoms with Crippen LogP contribution < -0.4 is 0 Å². The fraction of sp³-hybridized carbons (Fsp3) is 0.882. The minimum absolute atomic E-state index is 0.0691. The molecule has 3 atom stereocenters. The van der Waals surface area contributed by atoms with Crippen molar-refractivity contribution in [1.82, 2.24) is 4.90 Å². The second-order valence-corrected chi connectivity index (χ2v) is 6.70. The SMILES string of the molecule is CC1CCN(C(=O)C(C)OC(=O)C(C)OCC2CCCO2)CC1. The van der Waals surface area contributed by atoms with E-state index in [1.54, 1.807) is 18.7 Å². The van der Waals surface area contributed by atoms with Crippen LogP contribution in [0.15, 0.2) is 0 Å². The van der Waals surface area contributed by atoms with E-state index in [9.17, 15) is 9.59 Å². The third-order valence-electron chi connectivity index (χ3n) is 4.62. The largest absolute Gasteiger partial charge is 0.451 e. The second-order valence-electron chi connectivity index (χ2n) is 6.70. The maximum Gasteiger partial charge on any atom is 0.335 e. The fourth-order valence-electron chi connectivity index (χ4n) is 2.90. The van der Waals surface area contributed by atoms with Crippen LogP contribution in [0.1, 0.15) is 46.5 Å². The number of likely N-dealkylation sites (tertiary alicyclic amines) is 1. The lowest BCUT2D eigenvalue weighted by atomic mass is 9.99. The second kappa shape index (κ2) is 8.64. The molecule has 2 fully saturated rings. The quantitative estimate of drug-likeness (QED) is 0.696. The average Bonchev–Trinajstić information content (AvgIpc) is 3.05. The minimum atomic E-state index is -0.760. The molecule has 0 aromatic heterocycles. The molecule has 2 aliphatic heterocycles. The highest BCUT2D eigenvalue weighted by Gasteiger charge is 2.28. The number of nitrogens with zero attached hydrogens (tertiary/aromatic N) is 1. The minimum Gasteiger partial charge on any atom is -0.451 e. The molecule has 3 unspecified atom stereocenters. The van der Waals surface area contributed by atoms with Crippen LogP contribution in [0.4, 0.5) is 0 Å². The Kier molecular flexibility index (Phi) is 6.84. The smallest absolute Gasteiger partial charge is 0.335 e. The molecule has 1 amide bonds. The molecular weight excluding hydrogens is 298 g/mol. The Hall–Kier alpha value is -1.14. The van der Waals surface area contributed by atoms with Gasteiger partial charge in [-0.15, -0.1) is 0 Å². The van der Waals surface area contributed by atoms with E-state index in [1.165, 1.54) is 0 Å². The summed E-state index contributed by atoms with van der Waals surface area (Å²) < 4.78 is 16.2. The van der Waals surface area contributed by atoms with Crippen molar-refractivity contribution in [3.63, 3.8) is 0 Å². The van der Waals surface area contributed by atoms with Crippen molar-refractivity contribution in [2.45, 2.75) is 64.8 Å². The molecule has 0 N–H and O–H groups in total. The average molecular weight is 327 g/mol. The molecule has 132 valence electrons. The van der Waals surface area contributed by atoms with Gasteiger partial charge in [0.2, 0.25) is 0 Å². The zero-order valence-electron chi connectivity index (χ0n) is 14.5. The van der Waals surface area contributed by atoms with Crippen LogP contribution in [0, 0.1) is 5.92 Å². The molecule has 0 aromatic rings. The summed E-state index contributed by atoms with van der Waals surface area (Å²) in [6.07, 6.45) is 2.64. The van der Waals surface area contributed by atoms with Gasteiger partial charge < -0.3 is 19.1 Å². The van der Waals surface area contributed by atoms with Gasteiger partial charge >= 0.3 is 5.97 Å². The number of ether oxygens (including phenoxy) is 3. The van der Waals surface area contributed by atoms with Gasteiger partial charge in [-0.1, -0.05) is 6.92 Å². The predicted molar refractivity (Wildman–Crippen MR) is 84.9 cm³/mol. The molecule has 2 heterocycles. The van der Waals surface area contributed by atoms with Crippen LogP contribution in [-0.2, 0) is 23.8 Å². The number of carbonyl (C=O) groups is 2. The first-order chi connectivity index (χ1) is 11.0. The summed E-state index contributed by atoms with van der Waals surface area (Å²) in [5, 5.41) is 0. The Morgan fingerprint density at radius 3 is 2.48 bits per heavy atom. The van der Waals surface area contributed by atoms with Crippen LogP contribution >= 0.6 is 0 Å². The summed E-state index contributed by atoms with van der Waals surface area (Å²) in [5.74, 6) is 0.0499. The number of hydrogen-bond acceptors (Lipinski definition) is 5. The zero-order chi connectivity index (χ0) is 16.8. The molecule has 2 rings (SSSR count). The van der Waals surface area contributed by atoms with Crippen LogP contribution in [0.2, 0.25) is 0 Å². The molecular formula is C17H29NO5. The summed E-state index contributed by atoms with van der Waals surface area (Å²) in [4.78, 5) is 26.1. The highest BCUT2D eigenvalue weighted by Crippen LogP contribution is 2.17. The van der Waals surface area contributed by atoms with Crippen LogP contribution in [0.3, 0.4) is 0 Å². The Morgan fingerprint density at radius 2 is 1.87 bits per heavy atom. The van der Waals surface area contributed by atoms with E-state index >= 15 is 0 Å². The number of esters is 1. The van der Waals surface area contributed by atoms with Gasteiger partial charge in [-0.2, -0.15) is 0 Å². The van der Waals surface area contributed by atoms with Crippen molar-refractivity contribution in [3.05, 3.63) is 0 Å². The van der Waals surface area contributed by atoms with Gasteiger partial charge in [-0.3, -0.25) is 4.79 Å². The summed E-state index contributed by atoms with van der Waals surface area (Å²) >= 11 is 0. The summed E-state index contributed by atoms with van der Waals surface area (Å²) in [6, 6.07) is 0. The van der Waals surface area contributed by atoms with Gasteiger partial charge in [0.1, 0.15) is 0 Å². The van der Waals surface area contributed by atoms with E-state index in [0.29, 0.717) is 12.5 Å². The molecule has 0 spiro atoms. The van der Waals surface area contributed by atoms with Crippen molar-refractivity contribution in [2.24, 2.45) is 5.92 Å². The maximum absolute atomic E-state index is 12.3. The lowest BCUT2D eigenvalue weighted by Gasteiger charge is -2.32. The van der Waals surface area contributed by atoms with Gasteiger partial charge in [0.25, 0.3) is 5.91 Å². The zero-order valence-corrected chi connectivity index (χ0v) is 14.5. The molecule has 0 radical (unpaired) electrons. The van der Waals surface area contributed by atoms with Gasteiger partial charge in [0.15, 0.2) is 12.2 Å². The molecule has 23 heavy (non-hydrogen) atoms. The summed E-state index contributed by atoms with van der Waals surface area (Å²) in [5.41, 5.74) is 0. The van der Waals surface area contributed by atoms with E-state index in [-0.39, 0.29) is 12.0 Å². The highest BCUT2D eigenvalue weighted by atomic mass is 16.6. The van der Waals surface area contributed by atoms with Crippen LogP contribution in [0.25, 0.3) is 0 Å². The summed E-state index contributed by atoms with van der Waals surface area (Å²) in [7, 11) is 0. The van der Waals surface area contributed by atoms with E-state index in [1.807, 2.05) is 0 Å². The third-order valence-corrected chi connectivity index (χ3v) is 4.62. The predicted octanol–water partition coefficient (Wildman–Crippen LogP) is 1.76. The van der Waals surface area contributed by atoms with Gasteiger partial charge in [-0.05, 0) is 45.4 Å². The van der Waals surface area contributed by atoms with Crippen molar-refractivity contribution in [2.75, 3.05) is 26.3 Å². The standard InChI is InChI=1S/C17H29NO5/c1-12-6-8-18(9-7-12)16(19)13(2)23-17(20)14(3)22-11-15-5-4-10-21-15/h12-15H,4-11H2,1-3H3. The van der Waals surface area contributed by atoms with Crippen LogP contribution in [0.5, 0.6) is 0 Å². The maximum atomic E-state index is 12.3. The highest BCUT2D eigenvalue weighted by molar-refractivity contribution is 5.84. The molecule has 6 nitrogen and oxygen atoms in total. The first kappa shape index (κ1) is 18.2. The molecule has 0 saturated carbocycles. The van der Waals surface area contributed by atoms with E-state index in [0.717, 1.165) is 45.4 Å². The Bertz CT molecular complexity index is 400. The monoisotopic (exact) mass is 327 g/mol. The number of rotatable bonds is 6. The molecule has 0 aromatic carbocycles. The van der Waals surface area contributed by atoms with Gasteiger partial charge in [0, 0.05) is 19.7 Å². The number of hydrogen-bond donors (Lipinski definition) is 0. The Labute approximate surface area is 138 Å². The molecule has 2 aliphatic rings. The number of amides is 1. The lowest BCUT2D eigenvalue weighted by Crippen LogP contribution is -2.45. The van der Waals surface area contributed by atoms with Crippen molar-refractivity contribution in [3.8, 4) is 0 Å². The van der Waals surface area contributed by atoms with E-state index in [2.05, 4.69) is 6.92 Å². The van der Waals surface area contributed by atoms with Crippen molar-refractivity contribution < 1.29 is 23.8 Å². The topological polar surface area (TPSA) is 65.1 Å². The van der Waals surface area contributed by atoms with E-state index < -0.39 is 18.2 Å². The van der Waals surface area contributed by atoms with Gasteiger partial charge in [-0.25, -0.2) is 4.79 Å². The number of carbonyl (C=O) groups excluding carboxylic acids is 2. The first-order valence-electron chi connectivity index (χ1n) is 8.70. The van der Waals surface area contributed by atoms with Gasteiger partial charge in [0.05, 0.1) is 12.7 Å². The molecule has 0 aliphatic carbocycles. The normalized spacial score (nSPS) is 25.2. The third kappa shape index (κ3) is 5.46. The Morgan fingerprint density at radius 1 is 1.17 bits per heavy atom. The van der Waals surface area contributed by atoms with Crippen molar-refractivity contribution >= 4 is 11.9 Å². The molecule has 2 saturated heterocycles. The Balaban J connectivity index is 1.71. The molecule has 6 heteroatoms.